The van der Waals surface area contributed by atoms with Gasteiger partial charge in [0.1, 0.15) is 11.6 Å². The van der Waals surface area contributed by atoms with Gasteiger partial charge in [0.2, 0.25) is 5.95 Å². The number of nitrogens with zero attached hydrogens (tertiary/aromatic N) is 2. The number of benzene rings is 1. The third-order valence-corrected chi connectivity index (χ3v) is 4.10. The van der Waals surface area contributed by atoms with Crippen molar-refractivity contribution in [1.82, 2.24) is 9.97 Å². The SMILES string of the molecule is COc1ccc(C2(O)CCCC2)cc1Nc1ccnc(N)n1. The van der Waals surface area contributed by atoms with Crippen LogP contribution in [0.1, 0.15) is 31.2 Å². The molecule has 6 heteroatoms. The van der Waals surface area contributed by atoms with E-state index < -0.39 is 5.60 Å². The van der Waals surface area contributed by atoms with Gasteiger partial charge in [-0.3, -0.25) is 0 Å². The van der Waals surface area contributed by atoms with Gasteiger partial charge in [-0.05, 0) is 36.6 Å². The van der Waals surface area contributed by atoms with Crippen molar-refractivity contribution >= 4 is 17.5 Å². The second-order valence-electron chi connectivity index (χ2n) is 5.58. The lowest BCUT2D eigenvalue weighted by Crippen LogP contribution is -2.21. The molecule has 0 spiro atoms. The fourth-order valence-corrected chi connectivity index (χ4v) is 2.93. The van der Waals surface area contributed by atoms with E-state index in [4.69, 9.17) is 10.5 Å². The molecule has 4 N–H and O–H groups in total. The molecule has 1 aromatic carbocycles. The van der Waals surface area contributed by atoms with E-state index in [1.165, 1.54) is 0 Å². The van der Waals surface area contributed by atoms with E-state index in [-0.39, 0.29) is 5.95 Å². The van der Waals surface area contributed by atoms with Gasteiger partial charge in [-0.2, -0.15) is 4.98 Å². The quantitative estimate of drug-likeness (QED) is 0.803. The lowest BCUT2D eigenvalue weighted by Gasteiger charge is -2.24. The van der Waals surface area contributed by atoms with Crippen LogP contribution in [-0.4, -0.2) is 22.2 Å². The Morgan fingerprint density at radius 3 is 2.73 bits per heavy atom. The topological polar surface area (TPSA) is 93.3 Å². The summed E-state index contributed by atoms with van der Waals surface area (Å²) in [5, 5.41) is 13.9. The largest absolute Gasteiger partial charge is 0.495 e. The van der Waals surface area contributed by atoms with Crippen LogP contribution in [0.15, 0.2) is 30.5 Å². The zero-order chi connectivity index (χ0) is 15.6. The Morgan fingerprint density at radius 1 is 1.27 bits per heavy atom. The average Bonchev–Trinajstić information content (AvgIpc) is 2.95. The van der Waals surface area contributed by atoms with Gasteiger partial charge >= 0.3 is 0 Å². The summed E-state index contributed by atoms with van der Waals surface area (Å²) in [7, 11) is 1.61. The zero-order valence-electron chi connectivity index (χ0n) is 12.5. The summed E-state index contributed by atoms with van der Waals surface area (Å²) in [6, 6.07) is 7.43. The Hall–Kier alpha value is -2.34. The first-order chi connectivity index (χ1) is 10.6. The molecule has 0 unspecified atom stereocenters. The molecule has 0 saturated heterocycles. The smallest absolute Gasteiger partial charge is 0.221 e. The zero-order valence-corrected chi connectivity index (χ0v) is 12.5. The molecule has 0 bridgehead atoms. The Morgan fingerprint density at radius 2 is 2.05 bits per heavy atom. The van der Waals surface area contributed by atoms with Crippen molar-refractivity contribution < 1.29 is 9.84 Å². The fourth-order valence-electron chi connectivity index (χ4n) is 2.93. The van der Waals surface area contributed by atoms with Gasteiger partial charge in [0.25, 0.3) is 0 Å². The second-order valence-corrected chi connectivity index (χ2v) is 5.58. The van der Waals surface area contributed by atoms with Gasteiger partial charge in [0, 0.05) is 6.20 Å². The van der Waals surface area contributed by atoms with Gasteiger partial charge < -0.3 is 20.9 Å². The van der Waals surface area contributed by atoms with Gasteiger partial charge in [0.05, 0.1) is 18.4 Å². The van der Waals surface area contributed by atoms with Gasteiger partial charge in [0.15, 0.2) is 0 Å². The van der Waals surface area contributed by atoms with Crippen LogP contribution in [0.2, 0.25) is 0 Å². The highest BCUT2D eigenvalue weighted by Gasteiger charge is 2.33. The summed E-state index contributed by atoms with van der Waals surface area (Å²) < 4.78 is 5.38. The minimum atomic E-state index is -0.743. The number of nitrogens with two attached hydrogens (primary N) is 1. The maximum Gasteiger partial charge on any atom is 0.221 e. The molecule has 1 aromatic heterocycles. The maximum absolute atomic E-state index is 10.7. The first-order valence-corrected chi connectivity index (χ1v) is 7.37. The number of ether oxygens (including phenoxy) is 1. The number of methoxy groups -OCH3 is 1. The lowest BCUT2D eigenvalue weighted by molar-refractivity contribution is 0.0445. The Kier molecular flexibility index (Phi) is 3.85. The van der Waals surface area contributed by atoms with E-state index in [0.717, 1.165) is 36.9 Å². The molecule has 1 fully saturated rings. The number of rotatable bonds is 4. The number of anilines is 3. The minimum Gasteiger partial charge on any atom is -0.495 e. The maximum atomic E-state index is 10.7. The van der Waals surface area contributed by atoms with E-state index >= 15 is 0 Å². The second kappa shape index (κ2) is 5.81. The fraction of sp³-hybridized carbons (Fsp3) is 0.375. The first-order valence-electron chi connectivity index (χ1n) is 7.37. The van der Waals surface area contributed by atoms with Crippen LogP contribution in [0.3, 0.4) is 0 Å². The molecule has 6 nitrogen and oxygen atoms in total. The van der Waals surface area contributed by atoms with Crippen molar-refractivity contribution in [2.45, 2.75) is 31.3 Å². The van der Waals surface area contributed by atoms with Crippen molar-refractivity contribution in [3.63, 3.8) is 0 Å². The average molecular weight is 300 g/mol. The highest BCUT2D eigenvalue weighted by molar-refractivity contribution is 5.66. The van der Waals surface area contributed by atoms with E-state index in [0.29, 0.717) is 11.6 Å². The van der Waals surface area contributed by atoms with Crippen molar-refractivity contribution in [2.75, 3.05) is 18.2 Å². The number of nitrogens with one attached hydrogen (secondary N) is 1. The van der Waals surface area contributed by atoms with Crippen LogP contribution < -0.4 is 15.8 Å². The van der Waals surface area contributed by atoms with Gasteiger partial charge in [-0.1, -0.05) is 18.9 Å². The predicted octanol–water partition coefficient (Wildman–Crippen LogP) is 2.57. The molecule has 1 heterocycles. The summed E-state index contributed by atoms with van der Waals surface area (Å²) in [5.41, 5.74) is 6.50. The van der Waals surface area contributed by atoms with Crippen LogP contribution in [0.5, 0.6) is 5.75 Å². The third kappa shape index (κ3) is 2.82. The Balaban J connectivity index is 1.94. The lowest BCUT2D eigenvalue weighted by atomic mass is 9.92. The minimum absolute atomic E-state index is 0.203. The summed E-state index contributed by atoms with van der Waals surface area (Å²) >= 11 is 0. The van der Waals surface area contributed by atoms with Gasteiger partial charge in [-0.15, -0.1) is 0 Å². The molecule has 1 aliphatic carbocycles. The molecule has 3 rings (SSSR count). The normalized spacial score (nSPS) is 16.5. The number of aliphatic hydroxyl groups is 1. The molecule has 116 valence electrons. The number of hydrogen-bond acceptors (Lipinski definition) is 6. The molecule has 0 atom stereocenters. The molecular formula is C16H20N4O2. The third-order valence-electron chi connectivity index (χ3n) is 4.10. The first kappa shape index (κ1) is 14.6. The van der Waals surface area contributed by atoms with Crippen LogP contribution in [-0.2, 0) is 5.60 Å². The highest BCUT2D eigenvalue weighted by atomic mass is 16.5. The van der Waals surface area contributed by atoms with Crippen LogP contribution >= 0.6 is 0 Å². The molecule has 22 heavy (non-hydrogen) atoms. The molecule has 2 aromatic rings. The summed E-state index contributed by atoms with van der Waals surface area (Å²) in [5.74, 6) is 1.47. The van der Waals surface area contributed by atoms with Crippen molar-refractivity contribution in [3.05, 3.63) is 36.0 Å². The van der Waals surface area contributed by atoms with Crippen LogP contribution in [0.25, 0.3) is 0 Å². The molecule has 0 amide bonds. The molecular weight excluding hydrogens is 280 g/mol. The predicted molar refractivity (Wildman–Crippen MR) is 85.1 cm³/mol. The monoisotopic (exact) mass is 300 g/mol. The number of hydrogen-bond donors (Lipinski definition) is 3. The van der Waals surface area contributed by atoms with Gasteiger partial charge in [-0.25, -0.2) is 4.98 Å². The molecule has 0 aliphatic heterocycles. The Labute approximate surface area is 129 Å². The standard InChI is InChI=1S/C16H20N4O2/c1-22-13-5-4-11(16(21)7-2-3-8-16)10-12(13)19-14-6-9-18-15(17)20-14/h4-6,9-10,21H,2-3,7-8H2,1H3,(H3,17,18,19,20). The summed E-state index contributed by atoms with van der Waals surface area (Å²) in [6.45, 7) is 0. The van der Waals surface area contributed by atoms with Crippen molar-refractivity contribution in [2.24, 2.45) is 0 Å². The van der Waals surface area contributed by atoms with E-state index in [1.807, 2.05) is 18.2 Å². The summed E-state index contributed by atoms with van der Waals surface area (Å²) in [4.78, 5) is 8.00. The molecule has 0 radical (unpaired) electrons. The summed E-state index contributed by atoms with van der Waals surface area (Å²) in [6.07, 6.45) is 5.27. The van der Waals surface area contributed by atoms with E-state index in [1.54, 1.807) is 19.4 Å². The van der Waals surface area contributed by atoms with Crippen LogP contribution in [0, 0.1) is 0 Å². The molecule has 1 saturated carbocycles. The Bertz CT molecular complexity index is 669. The van der Waals surface area contributed by atoms with E-state index in [2.05, 4.69) is 15.3 Å². The number of aromatic nitrogens is 2. The molecule has 1 aliphatic rings. The van der Waals surface area contributed by atoms with Crippen LogP contribution in [0.4, 0.5) is 17.5 Å². The number of nitrogen functional groups attached to an aromatic ring is 1. The highest BCUT2D eigenvalue weighted by Crippen LogP contribution is 2.41. The van der Waals surface area contributed by atoms with Crippen molar-refractivity contribution in [1.29, 1.82) is 0 Å². The van der Waals surface area contributed by atoms with E-state index in [9.17, 15) is 5.11 Å². The van der Waals surface area contributed by atoms with Crippen molar-refractivity contribution in [3.8, 4) is 5.75 Å².